The first kappa shape index (κ1) is 49.3. The van der Waals surface area contributed by atoms with E-state index < -0.39 is 0 Å². The molecular weight excluding hydrogens is 1020 g/mol. The monoisotopic (exact) mass is 1080 g/mol. The fourth-order valence-electron chi connectivity index (χ4n) is 13.5. The molecule has 0 bridgehead atoms. The normalized spacial score (nSPS) is 23.2. The molecular formula is C59H57ClF2N16O. The lowest BCUT2D eigenvalue weighted by Crippen LogP contribution is -2.32. The highest BCUT2D eigenvalue weighted by molar-refractivity contribution is 6.38. The zero-order valence-corrected chi connectivity index (χ0v) is 44.3. The fraction of sp³-hybridized carbons (Fsp3) is 0.339. The summed E-state index contributed by atoms with van der Waals surface area (Å²) in [5.74, 6) is 2.39. The van der Waals surface area contributed by atoms with Crippen molar-refractivity contribution in [2.75, 3.05) is 49.1 Å². The number of carbonyl (C=O) groups excluding carboxylic acids is 1. The van der Waals surface area contributed by atoms with Gasteiger partial charge in [0.2, 0.25) is 0 Å². The van der Waals surface area contributed by atoms with E-state index in [-0.39, 0.29) is 52.3 Å². The summed E-state index contributed by atoms with van der Waals surface area (Å²) in [6.07, 6.45) is 11.1. The summed E-state index contributed by atoms with van der Waals surface area (Å²) in [6, 6.07) is 26.0. The Hall–Kier alpha value is -8.00. The van der Waals surface area contributed by atoms with Crippen molar-refractivity contribution in [3.05, 3.63) is 143 Å². The average Bonchev–Trinajstić information content (AvgIpc) is 2.97. The highest BCUT2D eigenvalue weighted by Crippen LogP contribution is 2.64. The molecule has 400 valence electrons. The van der Waals surface area contributed by atoms with Crippen LogP contribution in [-0.2, 0) is 10.8 Å². The molecule has 2 saturated heterocycles. The molecule has 0 spiro atoms. The summed E-state index contributed by atoms with van der Waals surface area (Å²) in [5.41, 5.74) is 20.9. The van der Waals surface area contributed by atoms with E-state index in [9.17, 15) is 13.6 Å². The lowest BCUT2D eigenvalue weighted by Gasteiger charge is -2.26. The first-order valence-corrected chi connectivity index (χ1v) is 27.6. The molecule has 4 aromatic carbocycles. The molecule has 5 fully saturated rings. The number of nitrogens with zero attached hydrogens (tertiary/aromatic N) is 11. The quantitative estimate of drug-likeness (QED) is 0.0816. The standard InChI is InChI=1S/C31H29FN8O.C28H28ClFN8/c32-24-6-2-1-5-22(24)31(16-33)21-11-13-40(15-23(21)31)25-14-35-28-27(38-39-29(28)37-25)19-9-10-20(30(41)36-17-7-8-17)26-18(19)4-3-12-34-26;1-15(2)38-12-17-22(36-38)8-7-16(24(17)29)25-26-27(35-34-25)33-23(11-32-26)37-10-9-18-20(13-37)28(18,14-31)19-5-3-4-6-21(19)30/h1-6,9-10,12,14,17,21,23H,7-8,11,13,15-16,33H2,(H,36,41)(H,37,38,39);3-8,11-12,15,18,20H,9-10,13-14,31H2,1-2H3,(H,33,34,35)/t21-,23+,31-;18-,20+,28-/m11/s1. The third kappa shape index (κ3) is 7.93. The molecule has 3 saturated carbocycles. The molecule has 10 aromatic rings. The Bertz CT molecular complexity index is 4050. The van der Waals surface area contributed by atoms with Gasteiger partial charge in [-0.05, 0) is 111 Å². The molecule has 0 unspecified atom stereocenters. The van der Waals surface area contributed by atoms with Crippen molar-refractivity contribution in [2.24, 2.45) is 35.1 Å². The summed E-state index contributed by atoms with van der Waals surface area (Å²) in [5, 5.41) is 25.2. The van der Waals surface area contributed by atoms with Crippen LogP contribution in [0, 0.1) is 35.3 Å². The average molecular weight is 1080 g/mol. The Labute approximate surface area is 457 Å². The van der Waals surface area contributed by atoms with Crippen LogP contribution in [0.4, 0.5) is 20.4 Å². The van der Waals surface area contributed by atoms with Gasteiger partial charge >= 0.3 is 0 Å². The molecule has 7 N–H and O–H groups in total. The largest absolute Gasteiger partial charge is 0.355 e. The minimum atomic E-state index is -0.324. The van der Waals surface area contributed by atoms with Gasteiger partial charge in [0.25, 0.3) is 5.91 Å². The molecule has 8 heterocycles. The van der Waals surface area contributed by atoms with Gasteiger partial charge in [-0.1, -0.05) is 60.1 Å². The molecule has 6 aromatic heterocycles. The van der Waals surface area contributed by atoms with Crippen LogP contribution in [0.15, 0.2) is 110 Å². The highest BCUT2D eigenvalue weighted by Gasteiger charge is 2.67. The molecule has 1 amide bonds. The number of H-pyrrole nitrogens is 2. The Morgan fingerprint density at radius 3 is 1.82 bits per heavy atom. The Morgan fingerprint density at radius 1 is 0.696 bits per heavy atom. The van der Waals surface area contributed by atoms with Gasteiger partial charge in [-0.15, -0.1) is 0 Å². The lowest BCUT2D eigenvalue weighted by molar-refractivity contribution is 0.0952. The number of nitrogens with two attached hydrogens (primary N) is 2. The minimum Gasteiger partial charge on any atom is -0.355 e. The van der Waals surface area contributed by atoms with E-state index in [1.807, 2.05) is 71.5 Å². The predicted molar refractivity (Wildman–Crippen MR) is 301 cm³/mol. The van der Waals surface area contributed by atoms with Crippen LogP contribution >= 0.6 is 11.6 Å². The SMILES string of the molecule is CC(C)n1cc2c(Cl)c(-c3n[nH]c4nc(N5CC[C@@H]6[C@H](C5)[C@@]6(CN)c5ccccc5F)cnc34)ccc2n1.NC[C@]1(c2ccccc2F)[C@@H]2CCN(c3cnc4c(-c5ccc(C(=O)NC6CC6)c6ncccc56)n[nH]c4n3)C[C@@H]21. The summed E-state index contributed by atoms with van der Waals surface area (Å²) in [6.45, 7) is 8.16. The van der Waals surface area contributed by atoms with E-state index in [1.165, 1.54) is 12.1 Å². The third-order valence-corrected chi connectivity index (χ3v) is 18.3. The van der Waals surface area contributed by atoms with Gasteiger partial charge in [-0.2, -0.15) is 15.3 Å². The van der Waals surface area contributed by atoms with E-state index in [0.717, 1.165) is 102 Å². The Balaban J connectivity index is 0.000000143. The number of aromatic nitrogens is 11. The van der Waals surface area contributed by atoms with E-state index in [2.05, 4.69) is 59.4 Å². The maximum atomic E-state index is 14.8. The number of halogens is 3. The van der Waals surface area contributed by atoms with Gasteiger partial charge in [0.15, 0.2) is 11.3 Å². The van der Waals surface area contributed by atoms with Crippen molar-refractivity contribution in [1.29, 1.82) is 0 Å². The predicted octanol–water partition coefficient (Wildman–Crippen LogP) is 9.05. The van der Waals surface area contributed by atoms with Crippen LogP contribution in [0.3, 0.4) is 0 Å². The van der Waals surface area contributed by atoms with E-state index in [1.54, 1.807) is 30.7 Å². The fourth-order valence-corrected chi connectivity index (χ4v) is 13.8. The van der Waals surface area contributed by atoms with Crippen molar-refractivity contribution >= 4 is 73.3 Å². The maximum absolute atomic E-state index is 14.8. The van der Waals surface area contributed by atoms with E-state index in [0.29, 0.717) is 74.7 Å². The molecule has 17 nitrogen and oxygen atoms in total. The summed E-state index contributed by atoms with van der Waals surface area (Å²) < 4.78 is 31.4. The first-order chi connectivity index (χ1) is 38.5. The molecule has 5 aliphatic rings. The van der Waals surface area contributed by atoms with Crippen molar-refractivity contribution in [3.63, 3.8) is 0 Å². The van der Waals surface area contributed by atoms with Crippen LogP contribution in [0.5, 0.6) is 0 Å². The Morgan fingerprint density at radius 2 is 1.27 bits per heavy atom. The van der Waals surface area contributed by atoms with Gasteiger partial charge in [0.05, 0.1) is 34.0 Å². The molecule has 6 atom stereocenters. The molecule has 79 heavy (non-hydrogen) atoms. The van der Waals surface area contributed by atoms with Crippen LogP contribution in [0.1, 0.15) is 67.1 Å². The number of rotatable bonds is 11. The summed E-state index contributed by atoms with van der Waals surface area (Å²) in [4.78, 5) is 41.1. The third-order valence-electron chi connectivity index (χ3n) is 17.9. The molecule has 3 aliphatic carbocycles. The van der Waals surface area contributed by atoms with Crippen molar-refractivity contribution in [2.45, 2.75) is 62.4 Å². The van der Waals surface area contributed by atoms with Crippen molar-refractivity contribution in [3.8, 4) is 22.5 Å². The number of benzene rings is 4. The molecule has 20 heteroatoms. The topological polar surface area (TPSA) is 227 Å². The minimum absolute atomic E-state index is 0.104. The van der Waals surface area contributed by atoms with Gasteiger partial charge < -0.3 is 26.6 Å². The number of nitrogens with one attached hydrogen (secondary N) is 3. The lowest BCUT2D eigenvalue weighted by atomic mass is 9.91. The zero-order valence-electron chi connectivity index (χ0n) is 43.5. The zero-order chi connectivity index (χ0) is 53.9. The molecule has 0 radical (unpaired) electrons. The maximum Gasteiger partial charge on any atom is 0.253 e. The Kier molecular flexibility index (Phi) is 11.8. The van der Waals surface area contributed by atoms with Crippen LogP contribution in [0.2, 0.25) is 5.02 Å². The summed E-state index contributed by atoms with van der Waals surface area (Å²) in [7, 11) is 0. The summed E-state index contributed by atoms with van der Waals surface area (Å²) >= 11 is 6.83. The van der Waals surface area contributed by atoms with Gasteiger partial charge in [-0.3, -0.25) is 24.7 Å². The molecule has 15 rings (SSSR count). The van der Waals surface area contributed by atoms with Crippen LogP contribution in [-0.4, -0.2) is 106 Å². The number of carbonyl (C=O) groups is 1. The first-order valence-electron chi connectivity index (χ1n) is 27.2. The number of hydrogen-bond donors (Lipinski definition) is 5. The van der Waals surface area contributed by atoms with Gasteiger partial charge in [0, 0.05) is 96.5 Å². The number of aromatic amines is 2. The number of amides is 1. The smallest absolute Gasteiger partial charge is 0.253 e. The van der Waals surface area contributed by atoms with Gasteiger partial charge in [0.1, 0.15) is 45.7 Å². The van der Waals surface area contributed by atoms with Crippen molar-refractivity contribution < 1.29 is 13.6 Å². The van der Waals surface area contributed by atoms with E-state index in [4.69, 9.17) is 43.0 Å². The highest BCUT2D eigenvalue weighted by atomic mass is 35.5. The molecule has 2 aliphatic heterocycles. The number of piperidine rings is 2. The number of hydrogen-bond acceptors (Lipinski definition) is 13. The second kappa shape index (κ2) is 18.8. The van der Waals surface area contributed by atoms with Crippen molar-refractivity contribution in [1.82, 2.24) is 60.4 Å². The number of pyridine rings is 1. The van der Waals surface area contributed by atoms with Gasteiger partial charge in [-0.25, -0.2) is 28.7 Å². The van der Waals surface area contributed by atoms with Crippen LogP contribution in [0.25, 0.3) is 66.6 Å². The second-order valence-corrected chi connectivity index (χ2v) is 22.6. The van der Waals surface area contributed by atoms with E-state index >= 15 is 0 Å². The second-order valence-electron chi connectivity index (χ2n) is 22.2. The van der Waals surface area contributed by atoms with Crippen LogP contribution < -0.4 is 26.6 Å². The number of fused-ring (bicyclic) bond motifs is 6. The number of anilines is 2.